The summed E-state index contributed by atoms with van der Waals surface area (Å²) in [7, 11) is 1.74. The minimum Gasteiger partial charge on any atom is -0.320 e. The van der Waals surface area contributed by atoms with Gasteiger partial charge in [-0.3, -0.25) is 9.78 Å². The van der Waals surface area contributed by atoms with Gasteiger partial charge in [0.05, 0.1) is 17.4 Å². The molecule has 14 heavy (non-hydrogen) atoms. The second-order valence-electron chi connectivity index (χ2n) is 3.51. The quantitative estimate of drug-likeness (QED) is 0.642. The van der Waals surface area contributed by atoms with Crippen molar-refractivity contribution < 1.29 is 4.79 Å². The standard InChI is InChI=1S/C10H13N3O/c1-13-9-3-2-6-12-8(9)5-4-7(11)10(13)14/h2-3,6-7H,4-5,11H2,1H3/t7-/m0/s1. The first-order valence-electron chi connectivity index (χ1n) is 4.67. The number of nitrogens with zero attached hydrogens (tertiary/aromatic N) is 2. The van der Waals surface area contributed by atoms with Gasteiger partial charge in [0, 0.05) is 13.2 Å². The molecule has 0 fully saturated rings. The minimum atomic E-state index is -0.394. The second kappa shape index (κ2) is 3.38. The number of fused-ring (bicyclic) bond motifs is 1. The number of rotatable bonds is 0. The van der Waals surface area contributed by atoms with Crippen LogP contribution in [-0.4, -0.2) is 24.0 Å². The highest BCUT2D eigenvalue weighted by atomic mass is 16.2. The molecule has 4 nitrogen and oxygen atoms in total. The number of nitrogens with two attached hydrogens (primary N) is 1. The summed E-state index contributed by atoms with van der Waals surface area (Å²) in [6, 6.07) is 3.34. The highest BCUT2D eigenvalue weighted by molar-refractivity contribution is 5.97. The maximum Gasteiger partial charge on any atom is 0.243 e. The van der Waals surface area contributed by atoms with Crippen molar-refractivity contribution in [1.82, 2.24) is 4.98 Å². The third-order valence-electron chi connectivity index (χ3n) is 2.57. The van der Waals surface area contributed by atoms with E-state index in [1.54, 1.807) is 18.1 Å². The summed E-state index contributed by atoms with van der Waals surface area (Å²) in [5.74, 6) is -0.0308. The molecular weight excluding hydrogens is 178 g/mol. The topological polar surface area (TPSA) is 59.2 Å². The van der Waals surface area contributed by atoms with Gasteiger partial charge >= 0.3 is 0 Å². The van der Waals surface area contributed by atoms with Gasteiger partial charge in [-0.25, -0.2) is 0 Å². The third-order valence-corrected chi connectivity index (χ3v) is 2.57. The lowest BCUT2D eigenvalue weighted by atomic mass is 10.1. The monoisotopic (exact) mass is 191 g/mol. The van der Waals surface area contributed by atoms with E-state index in [1.807, 2.05) is 12.1 Å². The van der Waals surface area contributed by atoms with Crippen molar-refractivity contribution in [3.05, 3.63) is 24.0 Å². The molecule has 1 amide bonds. The molecule has 1 aromatic heterocycles. The summed E-state index contributed by atoms with van der Waals surface area (Å²) < 4.78 is 0. The van der Waals surface area contributed by atoms with E-state index in [0.717, 1.165) is 17.8 Å². The van der Waals surface area contributed by atoms with Crippen molar-refractivity contribution >= 4 is 11.6 Å². The fraction of sp³-hybridized carbons (Fsp3) is 0.400. The molecule has 2 heterocycles. The van der Waals surface area contributed by atoms with Crippen LogP contribution in [0.4, 0.5) is 5.69 Å². The molecule has 1 atom stereocenters. The van der Waals surface area contributed by atoms with Gasteiger partial charge in [-0.15, -0.1) is 0 Å². The number of aromatic nitrogens is 1. The molecule has 0 saturated heterocycles. The molecule has 0 radical (unpaired) electrons. The zero-order valence-corrected chi connectivity index (χ0v) is 8.10. The van der Waals surface area contributed by atoms with E-state index in [1.165, 1.54) is 0 Å². The van der Waals surface area contributed by atoms with E-state index in [0.29, 0.717) is 6.42 Å². The normalized spacial score (nSPS) is 21.7. The largest absolute Gasteiger partial charge is 0.320 e. The summed E-state index contributed by atoms with van der Waals surface area (Å²) in [4.78, 5) is 17.5. The highest BCUT2D eigenvalue weighted by Crippen LogP contribution is 2.22. The zero-order valence-electron chi connectivity index (χ0n) is 8.10. The Bertz CT molecular complexity index is 364. The molecule has 2 rings (SSSR count). The van der Waals surface area contributed by atoms with Crippen molar-refractivity contribution in [3.63, 3.8) is 0 Å². The lowest BCUT2D eigenvalue weighted by molar-refractivity contribution is -0.119. The maximum atomic E-state index is 11.7. The Morgan fingerprint density at radius 1 is 1.64 bits per heavy atom. The van der Waals surface area contributed by atoms with Crippen LogP contribution < -0.4 is 10.6 Å². The summed E-state index contributed by atoms with van der Waals surface area (Å²) >= 11 is 0. The van der Waals surface area contributed by atoms with Gasteiger partial charge in [0.2, 0.25) is 5.91 Å². The molecule has 0 spiro atoms. The predicted octanol–water partition coefficient (Wildman–Crippen LogP) is 0.318. The fourth-order valence-electron chi connectivity index (χ4n) is 1.71. The van der Waals surface area contributed by atoms with Crippen LogP contribution in [0.3, 0.4) is 0 Å². The predicted molar refractivity (Wildman–Crippen MR) is 53.9 cm³/mol. The molecule has 74 valence electrons. The average Bonchev–Trinajstić information content (AvgIpc) is 2.32. The second-order valence-corrected chi connectivity index (χ2v) is 3.51. The number of pyridine rings is 1. The lowest BCUT2D eigenvalue weighted by Crippen LogP contribution is -2.40. The SMILES string of the molecule is CN1C(=O)[C@@H](N)CCc2ncccc21. The van der Waals surface area contributed by atoms with Crippen LogP contribution >= 0.6 is 0 Å². The van der Waals surface area contributed by atoms with Gasteiger partial charge in [-0.05, 0) is 25.0 Å². The number of carbonyl (C=O) groups excluding carboxylic acids is 1. The molecule has 2 N–H and O–H groups in total. The van der Waals surface area contributed by atoms with E-state index < -0.39 is 6.04 Å². The van der Waals surface area contributed by atoms with Gasteiger partial charge in [0.15, 0.2) is 0 Å². The molecule has 0 aromatic carbocycles. The Morgan fingerprint density at radius 3 is 3.21 bits per heavy atom. The number of aryl methyl sites for hydroxylation is 1. The number of likely N-dealkylation sites (N-methyl/N-ethyl adjacent to an activating group) is 1. The van der Waals surface area contributed by atoms with Crippen LogP contribution in [0.1, 0.15) is 12.1 Å². The van der Waals surface area contributed by atoms with Crippen LogP contribution in [0.15, 0.2) is 18.3 Å². The van der Waals surface area contributed by atoms with E-state index in [2.05, 4.69) is 4.98 Å². The number of hydrogen-bond acceptors (Lipinski definition) is 3. The lowest BCUT2D eigenvalue weighted by Gasteiger charge is -2.18. The third kappa shape index (κ3) is 1.37. The number of anilines is 1. The molecule has 1 aromatic rings. The minimum absolute atomic E-state index is 0.0308. The van der Waals surface area contributed by atoms with Crippen molar-refractivity contribution in [2.24, 2.45) is 5.73 Å². The Morgan fingerprint density at radius 2 is 2.43 bits per heavy atom. The van der Waals surface area contributed by atoms with E-state index >= 15 is 0 Å². The van der Waals surface area contributed by atoms with Crippen LogP contribution in [-0.2, 0) is 11.2 Å². The molecule has 4 heteroatoms. The van der Waals surface area contributed by atoms with Crippen LogP contribution in [0.5, 0.6) is 0 Å². The molecule has 1 aliphatic heterocycles. The van der Waals surface area contributed by atoms with Crippen molar-refractivity contribution in [1.29, 1.82) is 0 Å². The van der Waals surface area contributed by atoms with Crippen LogP contribution in [0.2, 0.25) is 0 Å². The van der Waals surface area contributed by atoms with Gasteiger partial charge < -0.3 is 10.6 Å². The number of hydrogen-bond donors (Lipinski definition) is 1. The first kappa shape index (κ1) is 9.15. The Hall–Kier alpha value is -1.42. The fourth-order valence-corrected chi connectivity index (χ4v) is 1.71. The zero-order chi connectivity index (χ0) is 10.1. The first-order valence-corrected chi connectivity index (χ1v) is 4.67. The summed E-state index contributed by atoms with van der Waals surface area (Å²) in [5.41, 5.74) is 7.56. The van der Waals surface area contributed by atoms with Crippen molar-refractivity contribution in [3.8, 4) is 0 Å². The molecule has 0 bridgehead atoms. The summed E-state index contributed by atoms with van der Waals surface area (Å²) in [5, 5.41) is 0. The van der Waals surface area contributed by atoms with Crippen LogP contribution in [0.25, 0.3) is 0 Å². The Kier molecular flexibility index (Phi) is 2.21. The number of amides is 1. The van der Waals surface area contributed by atoms with Crippen molar-refractivity contribution in [2.75, 3.05) is 11.9 Å². The average molecular weight is 191 g/mol. The Labute approximate surface area is 82.7 Å². The highest BCUT2D eigenvalue weighted by Gasteiger charge is 2.25. The Balaban J connectivity index is 2.45. The number of carbonyl (C=O) groups is 1. The van der Waals surface area contributed by atoms with E-state index in [-0.39, 0.29) is 5.91 Å². The molecule has 0 saturated carbocycles. The van der Waals surface area contributed by atoms with Crippen LogP contribution in [0, 0.1) is 0 Å². The molecule has 0 unspecified atom stereocenters. The summed E-state index contributed by atoms with van der Waals surface area (Å²) in [6.45, 7) is 0. The van der Waals surface area contributed by atoms with Gasteiger partial charge in [0.1, 0.15) is 0 Å². The maximum absolute atomic E-state index is 11.7. The van der Waals surface area contributed by atoms with E-state index in [9.17, 15) is 4.79 Å². The van der Waals surface area contributed by atoms with Gasteiger partial charge in [-0.1, -0.05) is 0 Å². The molecule has 0 aliphatic carbocycles. The smallest absolute Gasteiger partial charge is 0.243 e. The van der Waals surface area contributed by atoms with Gasteiger partial charge in [0.25, 0.3) is 0 Å². The van der Waals surface area contributed by atoms with Gasteiger partial charge in [-0.2, -0.15) is 0 Å². The first-order chi connectivity index (χ1) is 6.70. The van der Waals surface area contributed by atoms with Crippen molar-refractivity contribution in [2.45, 2.75) is 18.9 Å². The van der Waals surface area contributed by atoms with E-state index in [4.69, 9.17) is 5.73 Å². The molecule has 1 aliphatic rings. The molecular formula is C10H13N3O. The summed E-state index contributed by atoms with van der Waals surface area (Å²) in [6.07, 6.45) is 3.19.